The van der Waals surface area contributed by atoms with Crippen LogP contribution in [0, 0.1) is 6.92 Å². The highest BCUT2D eigenvalue weighted by molar-refractivity contribution is 5.95. The van der Waals surface area contributed by atoms with Gasteiger partial charge < -0.3 is 20.4 Å². The van der Waals surface area contributed by atoms with Crippen LogP contribution in [0.5, 0.6) is 0 Å². The summed E-state index contributed by atoms with van der Waals surface area (Å²) in [4.78, 5) is 24.8. The van der Waals surface area contributed by atoms with E-state index < -0.39 is 11.6 Å². The number of rotatable bonds is 5. The van der Waals surface area contributed by atoms with E-state index in [0.29, 0.717) is 17.8 Å². The van der Waals surface area contributed by atoms with E-state index in [9.17, 15) is 14.7 Å². The van der Waals surface area contributed by atoms with Crippen LogP contribution in [0.25, 0.3) is 0 Å². The number of hydrogen-bond donors (Lipinski definition) is 3. The van der Waals surface area contributed by atoms with Gasteiger partial charge in [0.2, 0.25) is 0 Å². The van der Waals surface area contributed by atoms with E-state index in [1.807, 2.05) is 6.92 Å². The molecule has 0 atom stereocenters. The Kier molecular flexibility index (Phi) is 5.32. The van der Waals surface area contributed by atoms with Crippen molar-refractivity contribution in [1.82, 2.24) is 4.90 Å². The highest BCUT2D eigenvalue weighted by Crippen LogP contribution is 2.19. The molecule has 6 nitrogen and oxygen atoms in total. The van der Waals surface area contributed by atoms with Crippen molar-refractivity contribution in [3.63, 3.8) is 0 Å². The Bertz CT molecular complexity index is 535. The minimum atomic E-state index is -1.03. The molecule has 0 heterocycles. The molecule has 0 aliphatic rings. The van der Waals surface area contributed by atoms with Crippen molar-refractivity contribution in [3.05, 3.63) is 29.3 Å². The number of carboxylic acid groups (broad SMARTS) is 1. The second-order valence-corrected chi connectivity index (χ2v) is 5.54. The second kappa shape index (κ2) is 6.58. The summed E-state index contributed by atoms with van der Waals surface area (Å²) in [5.74, 6) is -1.03. The molecule has 0 unspecified atom stereocenters. The van der Waals surface area contributed by atoms with Crippen LogP contribution < -0.4 is 5.32 Å². The third-order valence-corrected chi connectivity index (χ3v) is 3.05. The number of benzene rings is 1. The highest BCUT2D eigenvalue weighted by Gasteiger charge is 2.22. The Morgan fingerprint density at radius 2 is 1.95 bits per heavy atom. The van der Waals surface area contributed by atoms with Crippen molar-refractivity contribution >= 4 is 17.7 Å². The lowest BCUT2D eigenvalue weighted by Crippen LogP contribution is -2.44. The number of amides is 2. The van der Waals surface area contributed by atoms with Crippen molar-refractivity contribution in [2.45, 2.75) is 33.3 Å². The Morgan fingerprint density at radius 3 is 2.43 bits per heavy atom. The van der Waals surface area contributed by atoms with Gasteiger partial charge in [-0.3, -0.25) is 0 Å². The molecule has 0 radical (unpaired) electrons. The van der Waals surface area contributed by atoms with E-state index in [0.717, 1.165) is 0 Å². The van der Waals surface area contributed by atoms with Crippen LogP contribution in [0.4, 0.5) is 10.5 Å². The number of likely N-dealkylation sites (N-methyl/N-ethyl adjacent to an activating group) is 1. The van der Waals surface area contributed by atoms with Gasteiger partial charge in [0, 0.05) is 12.2 Å². The number of nitrogens with one attached hydrogen (secondary N) is 1. The number of urea groups is 1. The minimum absolute atomic E-state index is 0.151. The number of aromatic carboxylic acids is 1. The summed E-state index contributed by atoms with van der Waals surface area (Å²) in [5, 5.41) is 21.6. The fourth-order valence-corrected chi connectivity index (χ4v) is 1.99. The molecule has 0 aliphatic carbocycles. The Morgan fingerprint density at radius 1 is 1.33 bits per heavy atom. The maximum atomic E-state index is 12.2. The van der Waals surface area contributed by atoms with E-state index in [4.69, 9.17) is 5.11 Å². The van der Waals surface area contributed by atoms with Gasteiger partial charge in [0.25, 0.3) is 0 Å². The van der Waals surface area contributed by atoms with E-state index in [2.05, 4.69) is 5.32 Å². The van der Waals surface area contributed by atoms with Gasteiger partial charge in [-0.1, -0.05) is 6.07 Å². The van der Waals surface area contributed by atoms with Crippen LogP contribution in [0.2, 0.25) is 0 Å². The predicted molar refractivity (Wildman–Crippen MR) is 80.7 cm³/mol. The number of carbonyl (C=O) groups excluding carboxylic acids is 1. The third-order valence-electron chi connectivity index (χ3n) is 3.05. The summed E-state index contributed by atoms with van der Waals surface area (Å²) >= 11 is 0. The lowest BCUT2D eigenvalue weighted by molar-refractivity contribution is 0.0501. The molecule has 0 aliphatic heterocycles. The van der Waals surface area contributed by atoms with Gasteiger partial charge in [-0.15, -0.1) is 0 Å². The molecular formula is C15H22N2O4. The van der Waals surface area contributed by atoms with Gasteiger partial charge in [0.1, 0.15) is 0 Å². The van der Waals surface area contributed by atoms with Crippen LogP contribution in [-0.4, -0.2) is 45.8 Å². The van der Waals surface area contributed by atoms with Crippen LogP contribution in [-0.2, 0) is 0 Å². The summed E-state index contributed by atoms with van der Waals surface area (Å²) in [6, 6.07) is 4.35. The molecule has 21 heavy (non-hydrogen) atoms. The first kappa shape index (κ1) is 17.0. The molecule has 0 saturated carbocycles. The van der Waals surface area contributed by atoms with Gasteiger partial charge in [0.05, 0.1) is 17.7 Å². The topological polar surface area (TPSA) is 89.9 Å². The zero-order valence-electron chi connectivity index (χ0n) is 12.8. The zero-order valence-corrected chi connectivity index (χ0v) is 12.8. The summed E-state index contributed by atoms with van der Waals surface area (Å²) in [5.41, 5.74) is 0.107. The van der Waals surface area contributed by atoms with Crippen molar-refractivity contribution < 1.29 is 19.8 Å². The van der Waals surface area contributed by atoms with E-state index in [1.54, 1.807) is 32.9 Å². The standard InChI is InChI=1S/C15H22N2O4/c1-5-17(9-15(3,4)21)14(20)16-12-8-6-7-11(10(12)2)13(18)19/h6-8,21H,5,9H2,1-4H3,(H,16,20)(H,18,19). The molecule has 2 amide bonds. The number of nitrogens with zero attached hydrogens (tertiary/aromatic N) is 1. The quantitative estimate of drug-likeness (QED) is 0.777. The molecule has 1 aromatic carbocycles. The first-order valence-corrected chi connectivity index (χ1v) is 6.77. The van der Waals surface area contributed by atoms with Crippen LogP contribution in [0.15, 0.2) is 18.2 Å². The predicted octanol–water partition coefficient (Wildman–Crippen LogP) is 2.32. The van der Waals surface area contributed by atoms with E-state index in [1.165, 1.54) is 11.0 Å². The maximum Gasteiger partial charge on any atom is 0.336 e. The highest BCUT2D eigenvalue weighted by atomic mass is 16.4. The number of hydrogen-bond acceptors (Lipinski definition) is 3. The smallest absolute Gasteiger partial charge is 0.336 e. The van der Waals surface area contributed by atoms with Crippen LogP contribution in [0.1, 0.15) is 36.7 Å². The largest absolute Gasteiger partial charge is 0.478 e. The Labute approximate surface area is 124 Å². The Hall–Kier alpha value is -2.08. The number of aliphatic hydroxyl groups is 1. The summed E-state index contributed by atoms with van der Waals surface area (Å²) in [6.45, 7) is 7.33. The average Bonchev–Trinajstić information content (AvgIpc) is 2.36. The van der Waals surface area contributed by atoms with Crippen molar-refractivity contribution in [2.24, 2.45) is 0 Å². The van der Waals surface area contributed by atoms with E-state index in [-0.39, 0.29) is 18.1 Å². The number of carbonyl (C=O) groups is 2. The molecule has 0 saturated heterocycles. The van der Waals surface area contributed by atoms with Crippen LogP contribution >= 0.6 is 0 Å². The molecule has 0 fully saturated rings. The normalized spacial score (nSPS) is 11.1. The zero-order chi connectivity index (χ0) is 16.2. The van der Waals surface area contributed by atoms with Crippen LogP contribution in [0.3, 0.4) is 0 Å². The number of anilines is 1. The molecule has 1 rings (SSSR count). The molecule has 116 valence electrons. The molecule has 0 aromatic heterocycles. The lowest BCUT2D eigenvalue weighted by atomic mass is 10.1. The summed E-state index contributed by atoms with van der Waals surface area (Å²) < 4.78 is 0. The van der Waals surface area contributed by atoms with Gasteiger partial charge in [-0.05, 0) is 45.4 Å². The van der Waals surface area contributed by atoms with Gasteiger partial charge >= 0.3 is 12.0 Å². The fraction of sp³-hybridized carbons (Fsp3) is 0.467. The molecule has 0 spiro atoms. The number of carboxylic acids is 1. The third kappa shape index (κ3) is 4.75. The summed E-state index contributed by atoms with van der Waals surface area (Å²) in [6.07, 6.45) is 0. The summed E-state index contributed by atoms with van der Waals surface area (Å²) in [7, 11) is 0. The maximum absolute atomic E-state index is 12.2. The minimum Gasteiger partial charge on any atom is -0.478 e. The van der Waals surface area contributed by atoms with Gasteiger partial charge in [0.15, 0.2) is 0 Å². The fourth-order valence-electron chi connectivity index (χ4n) is 1.99. The molecule has 0 bridgehead atoms. The Balaban J connectivity index is 2.92. The molecule has 3 N–H and O–H groups in total. The lowest BCUT2D eigenvalue weighted by Gasteiger charge is -2.28. The molecule has 6 heteroatoms. The van der Waals surface area contributed by atoms with Crippen molar-refractivity contribution in [1.29, 1.82) is 0 Å². The first-order chi connectivity index (χ1) is 9.65. The molecule has 1 aromatic rings. The average molecular weight is 294 g/mol. The van der Waals surface area contributed by atoms with E-state index >= 15 is 0 Å². The SMILES string of the molecule is CCN(CC(C)(C)O)C(=O)Nc1cccc(C(=O)O)c1C. The second-order valence-electron chi connectivity index (χ2n) is 5.54. The van der Waals surface area contributed by atoms with Gasteiger partial charge in [-0.2, -0.15) is 0 Å². The first-order valence-electron chi connectivity index (χ1n) is 6.77. The monoisotopic (exact) mass is 294 g/mol. The molecular weight excluding hydrogens is 272 g/mol. The van der Waals surface area contributed by atoms with Crippen molar-refractivity contribution in [2.75, 3.05) is 18.4 Å². The van der Waals surface area contributed by atoms with Gasteiger partial charge in [-0.25, -0.2) is 9.59 Å². The van der Waals surface area contributed by atoms with Crippen molar-refractivity contribution in [3.8, 4) is 0 Å².